The SMILES string of the molecule is Fc1cc(C2=CCN3C=C(N4CCNCC4)C=CC3=N2)ccc1OC(F)F. The summed E-state index contributed by atoms with van der Waals surface area (Å²) < 4.78 is 42.6. The summed E-state index contributed by atoms with van der Waals surface area (Å²) in [5.41, 5.74) is 2.27. The van der Waals surface area contributed by atoms with Gasteiger partial charge in [0.15, 0.2) is 11.6 Å². The first kappa shape index (κ1) is 17.7. The minimum Gasteiger partial charge on any atom is -0.432 e. The Morgan fingerprint density at radius 2 is 1.96 bits per heavy atom. The zero-order valence-electron chi connectivity index (χ0n) is 14.5. The molecule has 27 heavy (non-hydrogen) atoms. The van der Waals surface area contributed by atoms with E-state index >= 15 is 0 Å². The van der Waals surface area contributed by atoms with Gasteiger partial charge in [-0.2, -0.15) is 8.78 Å². The molecule has 4 rings (SSSR count). The van der Waals surface area contributed by atoms with Crippen LogP contribution in [0.2, 0.25) is 0 Å². The number of halogens is 3. The van der Waals surface area contributed by atoms with E-state index < -0.39 is 18.2 Å². The molecule has 5 nitrogen and oxygen atoms in total. The summed E-state index contributed by atoms with van der Waals surface area (Å²) in [4.78, 5) is 8.92. The van der Waals surface area contributed by atoms with Crippen LogP contribution in [-0.4, -0.2) is 55.0 Å². The Kier molecular flexibility index (Phi) is 4.89. The number of fused-ring (bicyclic) bond motifs is 1. The van der Waals surface area contributed by atoms with Crippen molar-refractivity contribution in [3.8, 4) is 5.75 Å². The van der Waals surface area contributed by atoms with Crippen LogP contribution in [-0.2, 0) is 0 Å². The normalized spacial score (nSPS) is 19.5. The lowest BCUT2D eigenvalue weighted by molar-refractivity contribution is -0.0521. The van der Waals surface area contributed by atoms with Crippen molar-refractivity contribution < 1.29 is 17.9 Å². The molecule has 0 aliphatic carbocycles. The molecule has 1 N–H and O–H groups in total. The molecule has 0 atom stereocenters. The molecule has 1 aromatic carbocycles. The number of hydrogen-bond donors (Lipinski definition) is 1. The van der Waals surface area contributed by atoms with E-state index in [1.807, 2.05) is 23.1 Å². The zero-order chi connectivity index (χ0) is 18.8. The van der Waals surface area contributed by atoms with Crippen LogP contribution < -0.4 is 10.1 Å². The molecule has 0 aromatic heterocycles. The van der Waals surface area contributed by atoms with Crippen molar-refractivity contribution in [2.75, 3.05) is 32.7 Å². The Morgan fingerprint density at radius 1 is 1.15 bits per heavy atom. The largest absolute Gasteiger partial charge is 0.432 e. The fraction of sp³-hybridized carbons (Fsp3) is 0.316. The van der Waals surface area contributed by atoms with Crippen LogP contribution in [0.25, 0.3) is 5.70 Å². The number of nitrogens with one attached hydrogen (secondary N) is 1. The molecule has 3 aliphatic rings. The number of alkyl halides is 2. The number of aliphatic imine (C=N–C) groups is 1. The maximum absolute atomic E-state index is 14.0. The number of hydrogen-bond acceptors (Lipinski definition) is 5. The van der Waals surface area contributed by atoms with Crippen LogP contribution >= 0.6 is 0 Å². The lowest BCUT2D eigenvalue weighted by Crippen LogP contribution is -2.44. The van der Waals surface area contributed by atoms with Crippen LogP contribution in [0.1, 0.15) is 5.56 Å². The van der Waals surface area contributed by atoms with Gasteiger partial charge in [0.1, 0.15) is 5.84 Å². The molecule has 142 valence electrons. The molecular formula is C19H19F3N4O. The highest BCUT2D eigenvalue weighted by Gasteiger charge is 2.21. The van der Waals surface area contributed by atoms with E-state index in [0.29, 0.717) is 17.8 Å². The highest BCUT2D eigenvalue weighted by Crippen LogP contribution is 2.28. The van der Waals surface area contributed by atoms with Crippen molar-refractivity contribution in [3.63, 3.8) is 0 Å². The topological polar surface area (TPSA) is 40.1 Å². The van der Waals surface area contributed by atoms with Gasteiger partial charge in [0.25, 0.3) is 0 Å². The third-order valence-electron chi connectivity index (χ3n) is 4.63. The van der Waals surface area contributed by atoms with Gasteiger partial charge in [0.2, 0.25) is 0 Å². The minimum absolute atomic E-state index is 0.472. The molecule has 0 bridgehead atoms. The van der Waals surface area contributed by atoms with Gasteiger partial charge in [-0.05, 0) is 36.4 Å². The van der Waals surface area contributed by atoms with E-state index in [1.54, 1.807) is 0 Å². The van der Waals surface area contributed by atoms with Crippen molar-refractivity contribution in [3.05, 3.63) is 59.7 Å². The van der Waals surface area contributed by atoms with Crippen molar-refractivity contribution in [2.45, 2.75) is 6.61 Å². The third kappa shape index (κ3) is 3.85. The van der Waals surface area contributed by atoms with E-state index in [9.17, 15) is 13.2 Å². The van der Waals surface area contributed by atoms with Crippen LogP contribution in [0.5, 0.6) is 5.75 Å². The fourth-order valence-electron chi connectivity index (χ4n) is 3.27. The van der Waals surface area contributed by atoms with Crippen LogP contribution in [0.15, 0.2) is 53.3 Å². The monoisotopic (exact) mass is 376 g/mol. The number of ether oxygens (including phenoxy) is 1. The first-order valence-electron chi connectivity index (χ1n) is 8.76. The summed E-state index contributed by atoms with van der Waals surface area (Å²) in [7, 11) is 0. The predicted molar refractivity (Wildman–Crippen MR) is 96.8 cm³/mol. The van der Waals surface area contributed by atoms with Gasteiger partial charge < -0.3 is 19.9 Å². The Hall–Kier alpha value is -2.74. The van der Waals surface area contributed by atoms with Crippen molar-refractivity contribution in [2.24, 2.45) is 4.99 Å². The molecule has 1 aromatic rings. The summed E-state index contributed by atoms with van der Waals surface area (Å²) in [6.45, 7) is 1.40. The summed E-state index contributed by atoms with van der Waals surface area (Å²) in [6.07, 6.45) is 7.92. The molecule has 1 fully saturated rings. The van der Waals surface area contributed by atoms with Crippen molar-refractivity contribution in [1.82, 2.24) is 15.1 Å². The van der Waals surface area contributed by atoms with E-state index in [4.69, 9.17) is 0 Å². The second-order valence-electron chi connectivity index (χ2n) is 6.36. The van der Waals surface area contributed by atoms with Gasteiger partial charge >= 0.3 is 6.61 Å². The number of benzene rings is 1. The summed E-state index contributed by atoms with van der Waals surface area (Å²) in [5.74, 6) is -0.545. The first-order chi connectivity index (χ1) is 13.1. The molecule has 8 heteroatoms. The number of piperazine rings is 1. The Morgan fingerprint density at radius 3 is 2.70 bits per heavy atom. The van der Waals surface area contributed by atoms with Crippen LogP contribution in [0.3, 0.4) is 0 Å². The van der Waals surface area contributed by atoms with Gasteiger partial charge in [-0.15, -0.1) is 0 Å². The fourth-order valence-corrected chi connectivity index (χ4v) is 3.27. The molecule has 0 unspecified atom stereocenters. The van der Waals surface area contributed by atoms with E-state index in [2.05, 4.69) is 26.1 Å². The second-order valence-corrected chi connectivity index (χ2v) is 6.36. The van der Waals surface area contributed by atoms with Gasteiger partial charge in [-0.3, -0.25) is 0 Å². The molecular weight excluding hydrogens is 357 g/mol. The molecule has 3 heterocycles. The molecule has 0 spiro atoms. The molecule has 0 amide bonds. The molecule has 0 saturated carbocycles. The van der Waals surface area contributed by atoms with Crippen LogP contribution in [0.4, 0.5) is 13.2 Å². The first-order valence-corrected chi connectivity index (χ1v) is 8.76. The lowest BCUT2D eigenvalue weighted by Gasteiger charge is -2.34. The van der Waals surface area contributed by atoms with Crippen molar-refractivity contribution in [1.29, 1.82) is 0 Å². The Balaban J connectivity index is 1.50. The van der Waals surface area contributed by atoms with Crippen molar-refractivity contribution >= 4 is 11.5 Å². The second kappa shape index (κ2) is 7.48. The standard InChI is InChI=1S/C19H19F3N4O/c20-15-11-13(1-3-17(15)27-19(21)22)16-5-8-26-12-14(2-4-18(26)24-16)25-9-6-23-7-10-25/h1-5,11-12,19,23H,6-10H2. The van der Waals surface area contributed by atoms with E-state index in [1.165, 1.54) is 12.1 Å². The maximum atomic E-state index is 14.0. The molecule has 1 saturated heterocycles. The maximum Gasteiger partial charge on any atom is 0.387 e. The third-order valence-corrected chi connectivity index (χ3v) is 4.63. The van der Waals surface area contributed by atoms with Gasteiger partial charge in [-0.25, -0.2) is 9.38 Å². The van der Waals surface area contributed by atoms with E-state index in [0.717, 1.165) is 43.8 Å². The summed E-state index contributed by atoms with van der Waals surface area (Å²) in [6, 6.07) is 3.89. The smallest absolute Gasteiger partial charge is 0.387 e. The minimum atomic E-state index is -3.06. The van der Waals surface area contributed by atoms with Gasteiger partial charge in [-0.1, -0.05) is 0 Å². The van der Waals surface area contributed by atoms with Crippen LogP contribution in [0, 0.1) is 5.82 Å². The average molecular weight is 376 g/mol. The average Bonchev–Trinajstić information content (AvgIpc) is 2.69. The van der Waals surface area contributed by atoms with Gasteiger partial charge in [0.05, 0.1) is 11.4 Å². The highest BCUT2D eigenvalue weighted by atomic mass is 19.3. The summed E-state index contributed by atoms with van der Waals surface area (Å²) >= 11 is 0. The number of rotatable bonds is 4. The molecule has 3 aliphatic heterocycles. The Bertz CT molecular complexity index is 841. The summed E-state index contributed by atoms with van der Waals surface area (Å²) in [5, 5.41) is 3.33. The quantitative estimate of drug-likeness (QED) is 0.877. The van der Waals surface area contributed by atoms with E-state index in [-0.39, 0.29) is 0 Å². The number of allylic oxidation sites excluding steroid dienone is 1. The lowest BCUT2D eigenvalue weighted by atomic mass is 10.1. The zero-order valence-corrected chi connectivity index (χ0v) is 14.5. The number of nitrogens with zero attached hydrogens (tertiary/aromatic N) is 3. The highest BCUT2D eigenvalue weighted by molar-refractivity contribution is 6.00. The van der Waals surface area contributed by atoms with Gasteiger partial charge in [0, 0.05) is 44.5 Å². The Labute approximate surface area is 155 Å². The number of amidine groups is 1. The molecule has 0 radical (unpaired) electrons. The predicted octanol–water partition coefficient (Wildman–Crippen LogP) is 2.80.